The van der Waals surface area contributed by atoms with Crippen molar-refractivity contribution >= 4 is 33.1 Å². The molecule has 0 aliphatic heterocycles. The minimum absolute atomic E-state index is 0.121. The quantitative estimate of drug-likeness (QED) is 0.911. The van der Waals surface area contributed by atoms with Crippen LogP contribution in [0.15, 0.2) is 41.4 Å². The average Bonchev–Trinajstić information content (AvgIpc) is 2.43. The van der Waals surface area contributed by atoms with Gasteiger partial charge in [0.1, 0.15) is 5.82 Å². The molecule has 2 N–H and O–H groups in total. The number of nitrogens with one attached hydrogen (secondary N) is 2. The summed E-state index contributed by atoms with van der Waals surface area (Å²) in [6.07, 6.45) is 1.43. The van der Waals surface area contributed by atoms with Crippen molar-refractivity contribution in [1.82, 2.24) is 4.98 Å². The largest absolute Gasteiger partial charge is 0.373 e. The van der Waals surface area contributed by atoms with Crippen molar-refractivity contribution in [2.45, 2.75) is 11.8 Å². The summed E-state index contributed by atoms with van der Waals surface area (Å²) < 4.78 is 27.2. The highest BCUT2D eigenvalue weighted by molar-refractivity contribution is 7.92. The average molecular weight is 312 g/mol. The Morgan fingerprint density at radius 2 is 2.00 bits per heavy atom. The third-order valence-corrected chi connectivity index (χ3v) is 4.42. The third-order valence-electron chi connectivity index (χ3n) is 2.76. The van der Waals surface area contributed by atoms with Crippen molar-refractivity contribution in [2.24, 2.45) is 0 Å². The molecule has 5 nitrogen and oxygen atoms in total. The van der Waals surface area contributed by atoms with Crippen molar-refractivity contribution in [1.29, 1.82) is 0 Å². The van der Waals surface area contributed by atoms with Gasteiger partial charge in [-0.25, -0.2) is 13.4 Å². The zero-order valence-corrected chi connectivity index (χ0v) is 12.6. The Morgan fingerprint density at radius 1 is 1.25 bits per heavy atom. The van der Waals surface area contributed by atoms with Gasteiger partial charge < -0.3 is 5.32 Å². The molecule has 2 aromatic rings. The number of pyridine rings is 1. The van der Waals surface area contributed by atoms with E-state index in [1.807, 2.05) is 0 Å². The molecule has 1 aromatic heterocycles. The zero-order valence-electron chi connectivity index (χ0n) is 11.0. The molecule has 7 heteroatoms. The number of aryl methyl sites for hydroxylation is 1. The molecule has 0 unspecified atom stereocenters. The fourth-order valence-electron chi connectivity index (χ4n) is 1.67. The summed E-state index contributed by atoms with van der Waals surface area (Å²) in [6.45, 7) is 1.79. The van der Waals surface area contributed by atoms with Gasteiger partial charge in [0.05, 0.1) is 15.6 Å². The van der Waals surface area contributed by atoms with Gasteiger partial charge >= 0.3 is 0 Å². The Hall–Kier alpha value is -1.79. The first-order valence-electron chi connectivity index (χ1n) is 5.86. The molecular formula is C13H14ClN3O2S. The number of rotatable bonds is 4. The minimum Gasteiger partial charge on any atom is -0.373 e. The maximum absolute atomic E-state index is 12.3. The summed E-state index contributed by atoms with van der Waals surface area (Å²) in [4.78, 5) is 4.11. The standard InChI is InChI=1S/C13H14ClN3O2S/c1-9-4-3-5-11(14)13(9)17-20(18,19)10-6-7-16-12(8-10)15-2/h3-8,17H,1-2H3,(H,15,16). The summed E-state index contributed by atoms with van der Waals surface area (Å²) in [6, 6.07) is 8.07. The molecule has 0 saturated carbocycles. The van der Waals surface area contributed by atoms with E-state index in [1.54, 1.807) is 32.2 Å². The van der Waals surface area contributed by atoms with Gasteiger partial charge in [0.2, 0.25) is 0 Å². The molecule has 2 rings (SSSR count). The van der Waals surface area contributed by atoms with Crippen molar-refractivity contribution in [3.63, 3.8) is 0 Å². The van der Waals surface area contributed by atoms with Gasteiger partial charge in [0.15, 0.2) is 0 Å². The summed E-state index contributed by atoms with van der Waals surface area (Å²) in [5.41, 5.74) is 1.14. The molecule has 0 fully saturated rings. The van der Waals surface area contributed by atoms with Gasteiger partial charge in [-0.2, -0.15) is 0 Å². The molecule has 0 saturated heterocycles. The molecule has 0 radical (unpaired) electrons. The second-order valence-electron chi connectivity index (χ2n) is 4.16. The number of anilines is 2. The van der Waals surface area contributed by atoms with Crippen LogP contribution in [-0.4, -0.2) is 20.4 Å². The Morgan fingerprint density at radius 3 is 2.65 bits per heavy atom. The molecule has 0 aliphatic rings. The van der Waals surface area contributed by atoms with Crippen molar-refractivity contribution < 1.29 is 8.42 Å². The molecule has 0 atom stereocenters. The lowest BCUT2D eigenvalue weighted by molar-refractivity contribution is 0.601. The maximum Gasteiger partial charge on any atom is 0.262 e. The minimum atomic E-state index is -3.71. The number of sulfonamides is 1. The number of halogens is 1. The van der Waals surface area contributed by atoms with E-state index < -0.39 is 10.0 Å². The van der Waals surface area contributed by atoms with Crippen LogP contribution >= 0.6 is 11.6 Å². The number of aromatic nitrogens is 1. The summed E-state index contributed by atoms with van der Waals surface area (Å²) in [5.74, 6) is 0.476. The molecule has 20 heavy (non-hydrogen) atoms. The van der Waals surface area contributed by atoms with E-state index in [0.29, 0.717) is 16.5 Å². The first kappa shape index (κ1) is 14.6. The van der Waals surface area contributed by atoms with Gasteiger partial charge in [-0.05, 0) is 24.6 Å². The number of para-hydroxylation sites is 1. The molecular weight excluding hydrogens is 298 g/mol. The zero-order chi connectivity index (χ0) is 14.8. The van der Waals surface area contributed by atoms with Crippen LogP contribution in [0.3, 0.4) is 0 Å². The van der Waals surface area contributed by atoms with Crippen LogP contribution in [-0.2, 0) is 10.0 Å². The van der Waals surface area contributed by atoms with Crippen LogP contribution in [0.4, 0.5) is 11.5 Å². The Bertz CT molecular complexity index is 712. The molecule has 1 heterocycles. The Kier molecular flexibility index (Phi) is 4.15. The van der Waals surface area contributed by atoms with E-state index in [4.69, 9.17) is 11.6 Å². The molecule has 0 amide bonds. The monoisotopic (exact) mass is 311 g/mol. The van der Waals surface area contributed by atoms with Crippen LogP contribution < -0.4 is 10.0 Å². The highest BCUT2D eigenvalue weighted by Crippen LogP contribution is 2.28. The van der Waals surface area contributed by atoms with Gasteiger partial charge in [0, 0.05) is 19.3 Å². The lowest BCUT2D eigenvalue weighted by Crippen LogP contribution is -2.14. The van der Waals surface area contributed by atoms with E-state index in [2.05, 4.69) is 15.0 Å². The van der Waals surface area contributed by atoms with Crippen molar-refractivity contribution in [3.8, 4) is 0 Å². The Balaban J connectivity index is 2.41. The highest BCUT2D eigenvalue weighted by atomic mass is 35.5. The van der Waals surface area contributed by atoms with Crippen LogP contribution in [0, 0.1) is 6.92 Å². The number of nitrogens with zero attached hydrogens (tertiary/aromatic N) is 1. The normalized spacial score (nSPS) is 11.2. The van der Waals surface area contributed by atoms with E-state index in [-0.39, 0.29) is 4.90 Å². The van der Waals surface area contributed by atoms with E-state index in [0.717, 1.165) is 5.56 Å². The highest BCUT2D eigenvalue weighted by Gasteiger charge is 2.17. The smallest absolute Gasteiger partial charge is 0.262 e. The second-order valence-corrected chi connectivity index (χ2v) is 6.25. The topological polar surface area (TPSA) is 71.1 Å². The fraction of sp³-hybridized carbons (Fsp3) is 0.154. The van der Waals surface area contributed by atoms with Crippen LogP contribution in [0.2, 0.25) is 5.02 Å². The molecule has 0 aliphatic carbocycles. The fourth-order valence-corrected chi connectivity index (χ4v) is 3.16. The van der Waals surface area contributed by atoms with E-state index >= 15 is 0 Å². The molecule has 0 bridgehead atoms. The number of benzene rings is 1. The third kappa shape index (κ3) is 3.02. The van der Waals surface area contributed by atoms with Gasteiger partial charge in [-0.15, -0.1) is 0 Å². The summed E-state index contributed by atoms with van der Waals surface area (Å²) in [5, 5.41) is 3.15. The summed E-state index contributed by atoms with van der Waals surface area (Å²) in [7, 11) is -2.03. The first-order valence-corrected chi connectivity index (χ1v) is 7.72. The first-order chi connectivity index (χ1) is 9.44. The van der Waals surface area contributed by atoms with Gasteiger partial charge in [-0.1, -0.05) is 23.7 Å². The van der Waals surface area contributed by atoms with Crippen molar-refractivity contribution in [2.75, 3.05) is 17.1 Å². The predicted molar refractivity (Wildman–Crippen MR) is 80.8 cm³/mol. The summed E-state index contributed by atoms with van der Waals surface area (Å²) >= 11 is 6.03. The van der Waals surface area contributed by atoms with Crippen LogP contribution in [0.25, 0.3) is 0 Å². The predicted octanol–water partition coefficient (Wildman–Crippen LogP) is 2.89. The lowest BCUT2D eigenvalue weighted by atomic mass is 10.2. The Labute approximate surface area is 123 Å². The van der Waals surface area contributed by atoms with E-state index in [1.165, 1.54) is 18.3 Å². The molecule has 0 spiro atoms. The van der Waals surface area contributed by atoms with Crippen LogP contribution in [0.5, 0.6) is 0 Å². The second kappa shape index (κ2) is 5.68. The van der Waals surface area contributed by atoms with E-state index in [9.17, 15) is 8.42 Å². The molecule has 106 valence electrons. The number of hydrogen-bond acceptors (Lipinski definition) is 4. The lowest BCUT2D eigenvalue weighted by Gasteiger charge is -2.12. The SMILES string of the molecule is CNc1cc(S(=O)(=O)Nc2c(C)cccc2Cl)ccn1. The van der Waals surface area contributed by atoms with Gasteiger partial charge in [-0.3, -0.25) is 4.72 Å². The van der Waals surface area contributed by atoms with Crippen molar-refractivity contribution in [3.05, 3.63) is 47.1 Å². The number of hydrogen-bond donors (Lipinski definition) is 2. The maximum atomic E-state index is 12.3. The van der Waals surface area contributed by atoms with Crippen LogP contribution in [0.1, 0.15) is 5.56 Å². The van der Waals surface area contributed by atoms with Gasteiger partial charge in [0.25, 0.3) is 10.0 Å². The molecule has 1 aromatic carbocycles.